The maximum absolute atomic E-state index is 5.90. The lowest BCUT2D eigenvalue weighted by molar-refractivity contribution is -0.0117. The third-order valence-corrected chi connectivity index (χ3v) is 4.47. The van der Waals surface area contributed by atoms with Crippen LogP contribution in [0.2, 0.25) is 0 Å². The van der Waals surface area contributed by atoms with Crippen LogP contribution in [-0.4, -0.2) is 49.8 Å². The molecule has 20 heavy (non-hydrogen) atoms. The Hall–Kier alpha value is -0.120. The second-order valence-electron chi connectivity index (χ2n) is 6.25. The molecule has 0 spiro atoms. The number of hydrogen-bond donors (Lipinski definition) is 1. The minimum Gasteiger partial charge on any atom is -0.377 e. The zero-order valence-electron chi connectivity index (χ0n) is 14.2. The molecule has 3 heteroatoms. The summed E-state index contributed by atoms with van der Waals surface area (Å²) in [6.45, 7) is 10.0. The summed E-state index contributed by atoms with van der Waals surface area (Å²) in [6.07, 6.45) is 9.23. The monoisotopic (exact) mass is 284 g/mol. The van der Waals surface area contributed by atoms with Crippen molar-refractivity contribution in [3.05, 3.63) is 0 Å². The van der Waals surface area contributed by atoms with Crippen LogP contribution in [-0.2, 0) is 4.74 Å². The van der Waals surface area contributed by atoms with Crippen LogP contribution in [0, 0.1) is 0 Å². The average Bonchev–Trinajstić information content (AvgIpc) is 2.46. The molecule has 1 N–H and O–H groups in total. The maximum Gasteiger partial charge on any atom is 0.0702 e. The van der Waals surface area contributed by atoms with Crippen LogP contribution < -0.4 is 5.32 Å². The van der Waals surface area contributed by atoms with Gasteiger partial charge >= 0.3 is 0 Å². The Labute approximate surface area is 126 Å². The van der Waals surface area contributed by atoms with Gasteiger partial charge in [-0.3, -0.25) is 4.90 Å². The van der Waals surface area contributed by atoms with Gasteiger partial charge in [0.15, 0.2) is 0 Å². The summed E-state index contributed by atoms with van der Waals surface area (Å²) in [5.74, 6) is 0. The van der Waals surface area contributed by atoms with Gasteiger partial charge in [0, 0.05) is 25.2 Å². The van der Waals surface area contributed by atoms with Gasteiger partial charge < -0.3 is 10.1 Å². The van der Waals surface area contributed by atoms with Gasteiger partial charge in [0.05, 0.1) is 6.10 Å². The van der Waals surface area contributed by atoms with Crippen molar-refractivity contribution in [1.82, 2.24) is 10.2 Å². The Morgan fingerprint density at radius 1 is 1.20 bits per heavy atom. The van der Waals surface area contributed by atoms with Crippen LogP contribution in [0.5, 0.6) is 0 Å². The molecule has 0 radical (unpaired) electrons. The summed E-state index contributed by atoms with van der Waals surface area (Å²) in [5, 5.41) is 3.76. The summed E-state index contributed by atoms with van der Waals surface area (Å²) < 4.78 is 5.90. The van der Waals surface area contributed by atoms with Gasteiger partial charge in [-0.2, -0.15) is 0 Å². The van der Waals surface area contributed by atoms with E-state index < -0.39 is 0 Å². The van der Waals surface area contributed by atoms with E-state index in [-0.39, 0.29) is 0 Å². The van der Waals surface area contributed by atoms with Crippen molar-refractivity contribution in [3.8, 4) is 0 Å². The molecule has 0 bridgehead atoms. The van der Waals surface area contributed by atoms with E-state index in [1.54, 1.807) is 0 Å². The second-order valence-corrected chi connectivity index (χ2v) is 6.25. The lowest BCUT2D eigenvalue weighted by Gasteiger charge is -2.37. The molecule has 1 fully saturated rings. The highest BCUT2D eigenvalue weighted by Gasteiger charge is 2.25. The number of ether oxygens (including phenoxy) is 1. The summed E-state index contributed by atoms with van der Waals surface area (Å²) in [7, 11) is 2.28. The molecule has 0 aliphatic carbocycles. The molecule has 120 valence electrons. The van der Waals surface area contributed by atoms with E-state index in [9.17, 15) is 0 Å². The first-order chi connectivity index (χ1) is 9.72. The minimum absolute atomic E-state index is 0.455. The number of nitrogens with zero attached hydrogens (tertiary/aromatic N) is 1. The Balaban J connectivity index is 2.50. The first-order valence-corrected chi connectivity index (χ1v) is 8.78. The lowest BCUT2D eigenvalue weighted by atomic mass is 9.98. The van der Waals surface area contributed by atoms with Crippen LogP contribution in [0.15, 0.2) is 0 Å². The highest BCUT2D eigenvalue weighted by molar-refractivity contribution is 4.83. The SMILES string of the molecule is CCCNC(CCC)C(CC)N(C)CC1CCCCO1. The van der Waals surface area contributed by atoms with Crippen molar-refractivity contribution < 1.29 is 4.74 Å². The zero-order chi connectivity index (χ0) is 14.8. The molecule has 0 aromatic heterocycles. The number of likely N-dealkylation sites (N-methyl/N-ethyl adjacent to an activating group) is 1. The Bertz CT molecular complexity index is 229. The van der Waals surface area contributed by atoms with E-state index in [2.05, 4.69) is 38.0 Å². The topological polar surface area (TPSA) is 24.5 Å². The molecule has 0 aromatic carbocycles. The lowest BCUT2D eigenvalue weighted by Crippen LogP contribution is -2.50. The number of hydrogen-bond acceptors (Lipinski definition) is 3. The fourth-order valence-corrected chi connectivity index (χ4v) is 3.38. The summed E-state index contributed by atoms with van der Waals surface area (Å²) in [5.41, 5.74) is 0. The molecule has 0 amide bonds. The molecule has 1 rings (SSSR count). The van der Waals surface area contributed by atoms with E-state index in [1.165, 1.54) is 44.9 Å². The highest BCUT2D eigenvalue weighted by atomic mass is 16.5. The van der Waals surface area contributed by atoms with Crippen LogP contribution in [0.1, 0.15) is 65.7 Å². The normalized spacial score (nSPS) is 22.9. The Morgan fingerprint density at radius 2 is 2.00 bits per heavy atom. The third kappa shape index (κ3) is 6.11. The smallest absolute Gasteiger partial charge is 0.0702 e. The molecule has 1 aliphatic rings. The average molecular weight is 284 g/mol. The van der Waals surface area contributed by atoms with Gasteiger partial charge in [-0.1, -0.05) is 27.2 Å². The van der Waals surface area contributed by atoms with E-state index >= 15 is 0 Å². The van der Waals surface area contributed by atoms with Gasteiger partial charge in [0.25, 0.3) is 0 Å². The van der Waals surface area contributed by atoms with Crippen LogP contribution in [0.25, 0.3) is 0 Å². The van der Waals surface area contributed by atoms with Crippen LogP contribution >= 0.6 is 0 Å². The molecule has 3 nitrogen and oxygen atoms in total. The molecule has 0 saturated carbocycles. The zero-order valence-corrected chi connectivity index (χ0v) is 14.2. The van der Waals surface area contributed by atoms with Crippen LogP contribution in [0.4, 0.5) is 0 Å². The van der Waals surface area contributed by atoms with Crippen molar-refractivity contribution in [2.75, 3.05) is 26.7 Å². The van der Waals surface area contributed by atoms with E-state index in [1.807, 2.05) is 0 Å². The molecular weight excluding hydrogens is 248 g/mol. The third-order valence-electron chi connectivity index (χ3n) is 4.47. The second kappa shape index (κ2) is 10.6. The number of rotatable bonds is 10. The minimum atomic E-state index is 0.455. The summed E-state index contributed by atoms with van der Waals surface area (Å²) >= 11 is 0. The van der Waals surface area contributed by atoms with Crippen molar-refractivity contribution in [3.63, 3.8) is 0 Å². The molecule has 1 heterocycles. The maximum atomic E-state index is 5.90. The first-order valence-electron chi connectivity index (χ1n) is 8.78. The van der Waals surface area contributed by atoms with E-state index in [0.717, 1.165) is 19.7 Å². The highest BCUT2D eigenvalue weighted by Crippen LogP contribution is 2.18. The number of nitrogens with one attached hydrogen (secondary N) is 1. The van der Waals surface area contributed by atoms with Gasteiger partial charge in [-0.15, -0.1) is 0 Å². The van der Waals surface area contributed by atoms with Gasteiger partial charge in [-0.25, -0.2) is 0 Å². The van der Waals surface area contributed by atoms with E-state index in [4.69, 9.17) is 4.74 Å². The Kier molecular flexibility index (Phi) is 9.49. The van der Waals surface area contributed by atoms with Gasteiger partial charge in [0.2, 0.25) is 0 Å². The summed E-state index contributed by atoms with van der Waals surface area (Å²) in [4.78, 5) is 2.54. The fourth-order valence-electron chi connectivity index (χ4n) is 3.38. The molecule has 0 aromatic rings. The van der Waals surface area contributed by atoms with Crippen molar-refractivity contribution >= 4 is 0 Å². The van der Waals surface area contributed by atoms with Crippen molar-refractivity contribution in [2.45, 2.75) is 83.9 Å². The van der Waals surface area contributed by atoms with Crippen molar-refractivity contribution in [1.29, 1.82) is 0 Å². The standard InChI is InChI=1S/C17H36N2O/c1-5-10-16(18-12-6-2)17(7-3)19(4)14-15-11-8-9-13-20-15/h15-18H,5-14H2,1-4H3. The molecular formula is C17H36N2O. The molecule has 1 saturated heterocycles. The van der Waals surface area contributed by atoms with Crippen LogP contribution in [0.3, 0.4) is 0 Å². The largest absolute Gasteiger partial charge is 0.377 e. The quantitative estimate of drug-likeness (QED) is 0.665. The Morgan fingerprint density at radius 3 is 2.55 bits per heavy atom. The van der Waals surface area contributed by atoms with Gasteiger partial charge in [-0.05, 0) is 52.1 Å². The van der Waals surface area contributed by atoms with Crippen molar-refractivity contribution in [2.24, 2.45) is 0 Å². The van der Waals surface area contributed by atoms with Gasteiger partial charge in [0.1, 0.15) is 0 Å². The molecule has 3 unspecified atom stereocenters. The predicted octanol–water partition coefficient (Wildman–Crippen LogP) is 3.43. The molecule has 3 atom stereocenters. The summed E-state index contributed by atoms with van der Waals surface area (Å²) in [6, 6.07) is 1.26. The predicted molar refractivity (Wildman–Crippen MR) is 87.3 cm³/mol. The molecule has 1 aliphatic heterocycles. The first kappa shape index (κ1) is 17.9. The fraction of sp³-hybridized carbons (Fsp3) is 1.00. The van der Waals surface area contributed by atoms with E-state index in [0.29, 0.717) is 18.2 Å².